The highest BCUT2D eigenvalue weighted by molar-refractivity contribution is 5.75. The van der Waals surface area contributed by atoms with Gasteiger partial charge in [-0.05, 0) is 57.3 Å². The van der Waals surface area contributed by atoms with Gasteiger partial charge in [-0.1, -0.05) is 0 Å². The zero-order valence-corrected chi connectivity index (χ0v) is 13.9. The summed E-state index contributed by atoms with van der Waals surface area (Å²) in [5.41, 5.74) is 0. The molecule has 0 unspecified atom stereocenters. The molecule has 3 rings (SSSR count). The first kappa shape index (κ1) is 16.6. The van der Waals surface area contributed by atoms with Crippen LogP contribution in [0.2, 0.25) is 0 Å². The Labute approximate surface area is 136 Å². The summed E-state index contributed by atoms with van der Waals surface area (Å²) in [5.74, 6) is 0.835. The molecule has 6 nitrogen and oxygen atoms in total. The van der Waals surface area contributed by atoms with Crippen LogP contribution in [0.3, 0.4) is 0 Å². The lowest BCUT2D eigenvalue weighted by atomic mass is 9.57. The molecule has 1 amide bonds. The molecule has 0 radical (unpaired) electrons. The number of rotatable bonds is 3. The number of nitrogens with one attached hydrogen (secondary N) is 1. The highest BCUT2D eigenvalue weighted by Crippen LogP contribution is 2.52. The summed E-state index contributed by atoms with van der Waals surface area (Å²) in [7, 11) is 0. The van der Waals surface area contributed by atoms with Gasteiger partial charge in [0.05, 0.1) is 12.5 Å². The summed E-state index contributed by atoms with van der Waals surface area (Å²) in [6.07, 6.45) is 3.08. The van der Waals surface area contributed by atoms with E-state index in [1.54, 1.807) is 6.92 Å². The summed E-state index contributed by atoms with van der Waals surface area (Å²) in [6.45, 7) is 4.21. The predicted molar refractivity (Wildman–Crippen MR) is 82.5 cm³/mol. The maximum atomic E-state index is 12.1. The lowest BCUT2D eigenvalue weighted by Gasteiger charge is -2.47. The number of ether oxygens (including phenoxy) is 2. The zero-order chi connectivity index (χ0) is 16.6. The average Bonchev–Trinajstić information content (AvgIpc) is 2.79. The number of aliphatic hydroxyl groups is 1. The number of carbonyl (C=O) groups excluding carboxylic acids is 2. The van der Waals surface area contributed by atoms with Crippen molar-refractivity contribution in [3.63, 3.8) is 0 Å². The second-order valence-corrected chi connectivity index (χ2v) is 7.21. The van der Waals surface area contributed by atoms with Crippen LogP contribution in [0.1, 0.15) is 39.5 Å². The van der Waals surface area contributed by atoms with E-state index in [0.717, 1.165) is 25.7 Å². The number of cyclic esters (lactones) is 1. The van der Waals surface area contributed by atoms with Crippen molar-refractivity contribution in [2.45, 2.75) is 51.7 Å². The molecule has 7 atom stereocenters. The number of hydrogen-bond donors (Lipinski definition) is 2. The van der Waals surface area contributed by atoms with Gasteiger partial charge < -0.3 is 19.9 Å². The first-order chi connectivity index (χ1) is 11.0. The van der Waals surface area contributed by atoms with E-state index in [1.807, 2.05) is 6.92 Å². The number of fused-ring (bicyclic) bond motifs is 2. The molecule has 1 heterocycles. The fourth-order valence-electron chi connectivity index (χ4n) is 5.19. The van der Waals surface area contributed by atoms with Crippen molar-refractivity contribution in [3.8, 4) is 0 Å². The van der Waals surface area contributed by atoms with E-state index in [2.05, 4.69) is 5.32 Å². The van der Waals surface area contributed by atoms with Crippen LogP contribution in [-0.2, 0) is 14.3 Å². The van der Waals surface area contributed by atoms with Gasteiger partial charge in [0.15, 0.2) is 0 Å². The van der Waals surface area contributed by atoms with Crippen LogP contribution in [0.25, 0.3) is 0 Å². The lowest BCUT2D eigenvalue weighted by molar-refractivity contribution is -0.144. The van der Waals surface area contributed by atoms with Crippen LogP contribution in [0, 0.1) is 29.6 Å². The average molecular weight is 325 g/mol. The molecule has 0 aromatic heterocycles. The second kappa shape index (κ2) is 6.67. The SMILES string of the molecule is CCOC(=O)N[C@@H]1CC[C@@H]2[C@@H](C1)C[C@H]1C(=O)O[C@H](C)[C@H]1[C@H]2CO. The topological polar surface area (TPSA) is 84.9 Å². The predicted octanol–water partition coefficient (Wildman–Crippen LogP) is 1.71. The molecule has 23 heavy (non-hydrogen) atoms. The molecule has 0 aromatic carbocycles. The smallest absolute Gasteiger partial charge is 0.407 e. The Morgan fingerprint density at radius 1 is 1.39 bits per heavy atom. The Morgan fingerprint density at radius 2 is 2.17 bits per heavy atom. The summed E-state index contributed by atoms with van der Waals surface area (Å²) in [6, 6.07) is 0.0982. The summed E-state index contributed by atoms with van der Waals surface area (Å²) < 4.78 is 10.4. The maximum Gasteiger partial charge on any atom is 0.407 e. The van der Waals surface area contributed by atoms with Gasteiger partial charge in [-0.3, -0.25) is 4.79 Å². The van der Waals surface area contributed by atoms with Crippen molar-refractivity contribution in [2.75, 3.05) is 13.2 Å². The molecule has 1 aliphatic heterocycles. The number of alkyl carbamates (subject to hydrolysis) is 1. The second-order valence-electron chi connectivity index (χ2n) is 7.21. The van der Waals surface area contributed by atoms with E-state index in [-0.39, 0.29) is 48.6 Å². The summed E-state index contributed by atoms with van der Waals surface area (Å²) in [4.78, 5) is 23.7. The third kappa shape index (κ3) is 3.05. The lowest BCUT2D eigenvalue weighted by Crippen LogP contribution is -2.49. The molecule has 6 heteroatoms. The first-order valence-corrected chi connectivity index (χ1v) is 8.79. The van der Waals surface area contributed by atoms with E-state index >= 15 is 0 Å². The third-order valence-electron chi connectivity index (χ3n) is 6.06. The number of carbonyl (C=O) groups is 2. The van der Waals surface area contributed by atoms with Gasteiger partial charge in [0, 0.05) is 18.6 Å². The van der Waals surface area contributed by atoms with E-state index in [9.17, 15) is 14.7 Å². The van der Waals surface area contributed by atoms with Gasteiger partial charge in [0.2, 0.25) is 0 Å². The molecule has 2 N–H and O–H groups in total. The Hall–Kier alpha value is -1.30. The molecule has 0 aromatic rings. The molecular formula is C17H27NO5. The fraction of sp³-hybridized carbons (Fsp3) is 0.882. The standard InChI is InChI=1S/C17H27NO5/c1-3-22-17(21)18-11-4-5-12-10(6-11)7-13-15(14(12)8-19)9(2)23-16(13)20/h9-15,19H,3-8H2,1-2H3,(H,18,21)/t9-,10+,11-,12-,13-,14+,15-/m1/s1. The Balaban J connectivity index is 1.69. The van der Waals surface area contributed by atoms with Crippen LogP contribution in [0.5, 0.6) is 0 Å². The first-order valence-electron chi connectivity index (χ1n) is 8.79. The molecule has 2 saturated carbocycles. The Kier molecular flexibility index (Phi) is 4.80. The minimum absolute atomic E-state index is 0.0928. The largest absolute Gasteiger partial charge is 0.462 e. The van der Waals surface area contributed by atoms with Crippen molar-refractivity contribution in [1.82, 2.24) is 5.32 Å². The highest BCUT2D eigenvalue weighted by Gasteiger charge is 2.55. The maximum absolute atomic E-state index is 12.1. The normalized spacial score (nSPS) is 42.4. The van der Waals surface area contributed by atoms with Crippen LogP contribution in [0.15, 0.2) is 0 Å². The molecule has 1 saturated heterocycles. The summed E-state index contributed by atoms with van der Waals surface area (Å²) >= 11 is 0. The monoisotopic (exact) mass is 325 g/mol. The molecule has 3 aliphatic rings. The highest BCUT2D eigenvalue weighted by atomic mass is 16.6. The fourth-order valence-corrected chi connectivity index (χ4v) is 5.19. The van der Waals surface area contributed by atoms with Crippen molar-refractivity contribution in [1.29, 1.82) is 0 Å². The molecule has 0 spiro atoms. The molecule has 2 aliphatic carbocycles. The molecule has 130 valence electrons. The minimum atomic E-state index is -0.364. The van der Waals surface area contributed by atoms with Crippen LogP contribution >= 0.6 is 0 Å². The van der Waals surface area contributed by atoms with Crippen molar-refractivity contribution < 1.29 is 24.2 Å². The number of esters is 1. The van der Waals surface area contributed by atoms with Gasteiger partial charge in [-0.25, -0.2) is 4.79 Å². The van der Waals surface area contributed by atoms with E-state index in [4.69, 9.17) is 9.47 Å². The molecular weight excluding hydrogens is 298 g/mol. The quantitative estimate of drug-likeness (QED) is 0.772. The van der Waals surface area contributed by atoms with Crippen LogP contribution in [0.4, 0.5) is 4.79 Å². The van der Waals surface area contributed by atoms with Gasteiger partial charge in [-0.2, -0.15) is 0 Å². The number of amides is 1. The van der Waals surface area contributed by atoms with Gasteiger partial charge in [0.1, 0.15) is 6.10 Å². The van der Waals surface area contributed by atoms with Crippen LogP contribution < -0.4 is 5.32 Å². The van der Waals surface area contributed by atoms with E-state index in [1.165, 1.54) is 0 Å². The Bertz CT molecular complexity index is 468. The molecule has 0 bridgehead atoms. The van der Waals surface area contributed by atoms with E-state index in [0.29, 0.717) is 18.4 Å². The van der Waals surface area contributed by atoms with E-state index < -0.39 is 0 Å². The van der Waals surface area contributed by atoms with Crippen LogP contribution in [-0.4, -0.2) is 42.5 Å². The third-order valence-corrected chi connectivity index (χ3v) is 6.06. The van der Waals surface area contributed by atoms with Crippen molar-refractivity contribution >= 4 is 12.1 Å². The number of aliphatic hydroxyl groups excluding tert-OH is 1. The summed E-state index contributed by atoms with van der Waals surface area (Å²) in [5, 5.41) is 12.8. The van der Waals surface area contributed by atoms with Gasteiger partial charge in [-0.15, -0.1) is 0 Å². The zero-order valence-electron chi connectivity index (χ0n) is 13.9. The number of hydrogen-bond acceptors (Lipinski definition) is 5. The Morgan fingerprint density at radius 3 is 2.87 bits per heavy atom. The van der Waals surface area contributed by atoms with Gasteiger partial charge >= 0.3 is 12.1 Å². The molecule has 3 fully saturated rings. The van der Waals surface area contributed by atoms with Crippen molar-refractivity contribution in [2.24, 2.45) is 29.6 Å². The van der Waals surface area contributed by atoms with Crippen molar-refractivity contribution in [3.05, 3.63) is 0 Å². The van der Waals surface area contributed by atoms with Gasteiger partial charge in [0.25, 0.3) is 0 Å². The minimum Gasteiger partial charge on any atom is -0.462 e.